The van der Waals surface area contributed by atoms with E-state index in [1.165, 1.54) is 17.6 Å². The summed E-state index contributed by atoms with van der Waals surface area (Å²) in [4.78, 5) is 0.901. The van der Waals surface area contributed by atoms with Crippen molar-refractivity contribution in [2.45, 2.75) is 31.6 Å². The molecule has 98 valence electrons. The minimum absolute atomic E-state index is 0.225. The van der Waals surface area contributed by atoms with E-state index in [2.05, 4.69) is 5.32 Å². The number of hydrogen-bond donors (Lipinski definition) is 1. The summed E-state index contributed by atoms with van der Waals surface area (Å²) in [7, 11) is -3.09. The Balaban J connectivity index is 3.00. The summed E-state index contributed by atoms with van der Waals surface area (Å²) in [6.45, 7) is 4.54. The molecule has 1 rings (SSSR count). The minimum Gasteiger partial charge on any atom is -0.308 e. The zero-order chi connectivity index (χ0) is 13.1. The van der Waals surface area contributed by atoms with Gasteiger partial charge in [0.1, 0.15) is 0 Å². The second kappa shape index (κ2) is 6.18. The molecule has 0 aliphatic heterocycles. The van der Waals surface area contributed by atoms with E-state index < -0.39 is 15.1 Å². The van der Waals surface area contributed by atoms with Crippen molar-refractivity contribution < 1.29 is 8.42 Å². The monoisotopic (exact) mass is 295 g/mol. The molecule has 0 amide bonds. The lowest BCUT2D eigenvalue weighted by Crippen LogP contribution is -2.35. The van der Waals surface area contributed by atoms with Crippen molar-refractivity contribution in [2.75, 3.05) is 12.8 Å². The third kappa shape index (κ3) is 3.95. The number of rotatable bonds is 6. The SMILES string of the molecule is CCCNC(c1sccc1Cl)C(C)S(C)(=O)=O. The van der Waals surface area contributed by atoms with Crippen molar-refractivity contribution in [3.05, 3.63) is 21.3 Å². The molecule has 6 heteroatoms. The predicted molar refractivity (Wildman–Crippen MR) is 74.7 cm³/mol. The van der Waals surface area contributed by atoms with Gasteiger partial charge in [0.05, 0.1) is 16.3 Å². The number of nitrogens with one attached hydrogen (secondary N) is 1. The maximum absolute atomic E-state index is 11.7. The van der Waals surface area contributed by atoms with Crippen LogP contribution < -0.4 is 5.32 Å². The molecule has 0 aliphatic carbocycles. The van der Waals surface area contributed by atoms with Crippen molar-refractivity contribution in [1.29, 1.82) is 0 Å². The van der Waals surface area contributed by atoms with E-state index in [1.54, 1.807) is 13.0 Å². The van der Waals surface area contributed by atoms with E-state index in [4.69, 9.17) is 11.6 Å². The molecule has 1 aromatic rings. The maximum atomic E-state index is 11.7. The molecule has 1 heterocycles. The fraction of sp³-hybridized carbons (Fsp3) is 0.636. The lowest BCUT2D eigenvalue weighted by Gasteiger charge is -2.23. The molecule has 0 aromatic carbocycles. The quantitative estimate of drug-likeness (QED) is 0.878. The fourth-order valence-corrected chi connectivity index (χ4v) is 3.71. The van der Waals surface area contributed by atoms with Crippen LogP contribution in [0.5, 0.6) is 0 Å². The molecule has 2 unspecified atom stereocenters. The average molecular weight is 296 g/mol. The summed E-state index contributed by atoms with van der Waals surface area (Å²) in [6.07, 6.45) is 2.22. The first-order valence-electron chi connectivity index (χ1n) is 5.53. The van der Waals surface area contributed by atoms with E-state index in [9.17, 15) is 8.42 Å². The summed E-state index contributed by atoms with van der Waals surface area (Å²) in [6, 6.07) is 1.58. The lowest BCUT2D eigenvalue weighted by molar-refractivity contribution is 0.506. The highest BCUT2D eigenvalue weighted by Crippen LogP contribution is 2.32. The Kier molecular flexibility index (Phi) is 5.44. The highest BCUT2D eigenvalue weighted by atomic mass is 35.5. The van der Waals surface area contributed by atoms with Crippen LogP contribution >= 0.6 is 22.9 Å². The van der Waals surface area contributed by atoms with Crippen LogP contribution in [0.4, 0.5) is 0 Å². The molecule has 2 atom stereocenters. The van der Waals surface area contributed by atoms with Crippen molar-refractivity contribution in [3.8, 4) is 0 Å². The van der Waals surface area contributed by atoms with Gasteiger partial charge in [0.15, 0.2) is 9.84 Å². The second-order valence-electron chi connectivity index (χ2n) is 4.10. The standard InChI is InChI=1S/C11H18ClNO2S2/c1-4-6-13-10(8(2)17(3,14)15)11-9(12)5-7-16-11/h5,7-8,10,13H,4,6H2,1-3H3. The third-order valence-electron chi connectivity index (χ3n) is 2.69. The Hall–Kier alpha value is -0.100. The number of hydrogen-bond acceptors (Lipinski definition) is 4. The van der Waals surface area contributed by atoms with E-state index >= 15 is 0 Å². The van der Waals surface area contributed by atoms with Crippen molar-refractivity contribution in [3.63, 3.8) is 0 Å². The summed E-state index contributed by atoms with van der Waals surface area (Å²) in [5.41, 5.74) is 0. The molecule has 17 heavy (non-hydrogen) atoms. The van der Waals surface area contributed by atoms with Crippen LogP contribution in [0.2, 0.25) is 5.02 Å². The summed E-state index contributed by atoms with van der Waals surface area (Å²) >= 11 is 7.58. The predicted octanol–water partition coefficient (Wildman–Crippen LogP) is 2.88. The summed E-state index contributed by atoms with van der Waals surface area (Å²) < 4.78 is 23.3. The van der Waals surface area contributed by atoms with Gasteiger partial charge in [0.2, 0.25) is 0 Å². The normalized spacial score (nSPS) is 15.8. The van der Waals surface area contributed by atoms with Gasteiger partial charge in [-0.3, -0.25) is 0 Å². The molecule has 0 aliphatic rings. The highest BCUT2D eigenvalue weighted by Gasteiger charge is 2.29. The molecule has 1 aromatic heterocycles. The molecular formula is C11H18ClNO2S2. The van der Waals surface area contributed by atoms with Gasteiger partial charge in [-0.2, -0.15) is 0 Å². The number of thiophene rings is 1. The number of sulfone groups is 1. The van der Waals surface area contributed by atoms with Crippen molar-refractivity contribution in [1.82, 2.24) is 5.32 Å². The van der Waals surface area contributed by atoms with E-state index in [0.717, 1.165) is 17.8 Å². The molecule has 0 radical (unpaired) electrons. The first kappa shape index (κ1) is 15.0. The van der Waals surface area contributed by atoms with Crippen LogP contribution in [0.3, 0.4) is 0 Å². The van der Waals surface area contributed by atoms with E-state index in [1.807, 2.05) is 12.3 Å². The van der Waals surface area contributed by atoms with E-state index in [0.29, 0.717) is 5.02 Å². The van der Waals surface area contributed by atoms with E-state index in [-0.39, 0.29) is 6.04 Å². The molecule has 0 spiro atoms. The Morgan fingerprint density at radius 2 is 2.18 bits per heavy atom. The molecular weight excluding hydrogens is 278 g/mol. The largest absolute Gasteiger partial charge is 0.308 e. The molecule has 1 N–H and O–H groups in total. The maximum Gasteiger partial charge on any atom is 0.151 e. The Morgan fingerprint density at radius 1 is 1.53 bits per heavy atom. The van der Waals surface area contributed by atoms with Gasteiger partial charge in [-0.25, -0.2) is 8.42 Å². The summed E-state index contributed by atoms with van der Waals surface area (Å²) in [5.74, 6) is 0. The van der Waals surface area contributed by atoms with Crippen molar-refractivity contribution >= 4 is 32.8 Å². The Labute approximate surface area is 112 Å². The van der Waals surface area contributed by atoms with Gasteiger partial charge in [-0.05, 0) is 31.3 Å². The summed E-state index contributed by atoms with van der Waals surface area (Å²) in [5, 5.41) is 5.30. The van der Waals surface area contributed by atoms with Crippen LogP contribution in [-0.4, -0.2) is 26.5 Å². The second-order valence-corrected chi connectivity index (χ2v) is 7.86. The molecule has 0 saturated heterocycles. The van der Waals surface area contributed by atoms with Gasteiger partial charge < -0.3 is 5.32 Å². The van der Waals surface area contributed by atoms with Gasteiger partial charge >= 0.3 is 0 Å². The molecule has 0 fully saturated rings. The highest BCUT2D eigenvalue weighted by molar-refractivity contribution is 7.91. The zero-order valence-corrected chi connectivity index (χ0v) is 12.6. The van der Waals surface area contributed by atoms with Gasteiger partial charge in [0.25, 0.3) is 0 Å². The first-order chi connectivity index (χ1) is 7.88. The average Bonchev–Trinajstić information content (AvgIpc) is 2.64. The zero-order valence-electron chi connectivity index (χ0n) is 10.2. The smallest absolute Gasteiger partial charge is 0.151 e. The van der Waals surface area contributed by atoms with Gasteiger partial charge in [-0.1, -0.05) is 18.5 Å². The van der Waals surface area contributed by atoms with Gasteiger partial charge in [0, 0.05) is 11.1 Å². The van der Waals surface area contributed by atoms with Crippen LogP contribution in [-0.2, 0) is 9.84 Å². The Morgan fingerprint density at radius 3 is 2.59 bits per heavy atom. The topological polar surface area (TPSA) is 46.2 Å². The van der Waals surface area contributed by atoms with Gasteiger partial charge in [-0.15, -0.1) is 11.3 Å². The van der Waals surface area contributed by atoms with Crippen LogP contribution in [0, 0.1) is 0 Å². The fourth-order valence-electron chi connectivity index (χ4n) is 1.55. The molecule has 0 saturated carbocycles. The third-order valence-corrected chi connectivity index (χ3v) is 5.75. The van der Waals surface area contributed by atoms with Crippen LogP contribution in [0.25, 0.3) is 0 Å². The Bertz CT molecular complexity index is 456. The first-order valence-corrected chi connectivity index (χ1v) is 8.74. The van der Waals surface area contributed by atoms with Crippen molar-refractivity contribution in [2.24, 2.45) is 0 Å². The molecule has 0 bridgehead atoms. The van der Waals surface area contributed by atoms with Crippen LogP contribution in [0.1, 0.15) is 31.2 Å². The van der Waals surface area contributed by atoms with Crippen LogP contribution in [0.15, 0.2) is 11.4 Å². The lowest BCUT2D eigenvalue weighted by atomic mass is 10.2. The number of halogens is 1. The molecule has 3 nitrogen and oxygen atoms in total. The minimum atomic E-state index is -3.09.